The second-order valence-corrected chi connectivity index (χ2v) is 5.56. The van der Waals surface area contributed by atoms with Crippen LogP contribution in [0.3, 0.4) is 0 Å². The first-order chi connectivity index (χ1) is 8.36. The van der Waals surface area contributed by atoms with Crippen LogP contribution >= 0.6 is 0 Å². The SMILES string of the molecule is COc1ccc(S(=O)(=O)NCC(=O)N(C)C)cc1. The monoisotopic (exact) mass is 272 g/mol. The Morgan fingerprint density at radius 1 is 1.28 bits per heavy atom. The second kappa shape index (κ2) is 5.83. The van der Waals surface area contributed by atoms with Crippen molar-refractivity contribution in [3.63, 3.8) is 0 Å². The van der Waals surface area contributed by atoms with E-state index in [4.69, 9.17) is 4.74 Å². The van der Waals surface area contributed by atoms with Crippen molar-refractivity contribution >= 4 is 15.9 Å². The number of rotatable bonds is 5. The molecule has 0 fully saturated rings. The summed E-state index contributed by atoms with van der Waals surface area (Å²) in [6.07, 6.45) is 0. The van der Waals surface area contributed by atoms with E-state index in [1.807, 2.05) is 0 Å². The summed E-state index contributed by atoms with van der Waals surface area (Å²) < 4.78 is 30.8. The fourth-order valence-corrected chi connectivity index (χ4v) is 2.13. The molecule has 0 spiro atoms. The van der Waals surface area contributed by atoms with Gasteiger partial charge in [0, 0.05) is 14.1 Å². The summed E-state index contributed by atoms with van der Waals surface area (Å²) in [5.41, 5.74) is 0. The quantitative estimate of drug-likeness (QED) is 0.822. The van der Waals surface area contributed by atoms with Crippen LogP contribution in [0.15, 0.2) is 29.2 Å². The first-order valence-corrected chi connectivity index (χ1v) is 6.69. The van der Waals surface area contributed by atoms with E-state index in [-0.39, 0.29) is 17.3 Å². The molecular weight excluding hydrogens is 256 g/mol. The summed E-state index contributed by atoms with van der Waals surface area (Å²) in [5.74, 6) is 0.255. The minimum absolute atomic E-state index is 0.0925. The molecule has 0 aromatic heterocycles. The molecule has 0 atom stereocenters. The van der Waals surface area contributed by atoms with Gasteiger partial charge in [0.1, 0.15) is 5.75 Å². The topological polar surface area (TPSA) is 75.7 Å². The van der Waals surface area contributed by atoms with Gasteiger partial charge in [0.25, 0.3) is 0 Å². The smallest absolute Gasteiger partial charge is 0.241 e. The van der Waals surface area contributed by atoms with Crippen LogP contribution in [0.1, 0.15) is 0 Å². The first-order valence-electron chi connectivity index (χ1n) is 5.20. The van der Waals surface area contributed by atoms with Crippen LogP contribution in [0.25, 0.3) is 0 Å². The Morgan fingerprint density at radius 3 is 2.28 bits per heavy atom. The molecule has 0 aliphatic carbocycles. The van der Waals surface area contributed by atoms with Crippen molar-refractivity contribution in [2.24, 2.45) is 0 Å². The number of nitrogens with zero attached hydrogens (tertiary/aromatic N) is 1. The first kappa shape index (κ1) is 14.5. The highest BCUT2D eigenvalue weighted by Crippen LogP contribution is 2.14. The predicted octanol–water partition coefficient (Wildman–Crippen LogP) is 0.0617. The van der Waals surface area contributed by atoms with Gasteiger partial charge < -0.3 is 9.64 Å². The molecule has 7 heteroatoms. The highest BCUT2D eigenvalue weighted by atomic mass is 32.2. The highest BCUT2D eigenvalue weighted by molar-refractivity contribution is 7.89. The number of carbonyl (C=O) groups excluding carboxylic acids is 1. The van der Waals surface area contributed by atoms with Crippen LogP contribution in [0.5, 0.6) is 5.75 Å². The van der Waals surface area contributed by atoms with Crippen LogP contribution in [0, 0.1) is 0 Å². The maximum absolute atomic E-state index is 11.8. The molecule has 0 radical (unpaired) electrons. The van der Waals surface area contributed by atoms with Gasteiger partial charge in [-0.1, -0.05) is 0 Å². The van der Waals surface area contributed by atoms with E-state index in [1.165, 1.54) is 24.1 Å². The van der Waals surface area contributed by atoms with E-state index in [1.54, 1.807) is 26.2 Å². The maximum Gasteiger partial charge on any atom is 0.241 e. The number of hydrogen-bond acceptors (Lipinski definition) is 4. The molecule has 0 aliphatic heterocycles. The Morgan fingerprint density at radius 2 is 1.83 bits per heavy atom. The largest absolute Gasteiger partial charge is 0.497 e. The van der Waals surface area contributed by atoms with E-state index in [2.05, 4.69) is 4.72 Å². The van der Waals surface area contributed by atoms with Crippen LogP contribution in [0.4, 0.5) is 0 Å². The lowest BCUT2D eigenvalue weighted by Gasteiger charge is -2.11. The summed E-state index contributed by atoms with van der Waals surface area (Å²) in [6.45, 7) is -0.263. The van der Waals surface area contributed by atoms with E-state index in [0.29, 0.717) is 5.75 Å². The van der Waals surface area contributed by atoms with Gasteiger partial charge in [-0.3, -0.25) is 4.79 Å². The second-order valence-electron chi connectivity index (χ2n) is 3.79. The van der Waals surface area contributed by atoms with Gasteiger partial charge in [-0.15, -0.1) is 0 Å². The van der Waals surface area contributed by atoms with Gasteiger partial charge in [0.05, 0.1) is 18.6 Å². The molecule has 1 aromatic rings. The molecule has 0 bridgehead atoms. The van der Waals surface area contributed by atoms with Gasteiger partial charge in [0.15, 0.2) is 0 Å². The number of ether oxygens (including phenoxy) is 1. The van der Waals surface area contributed by atoms with Crippen molar-refractivity contribution in [1.82, 2.24) is 9.62 Å². The van der Waals surface area contributed by atoms with E-state index in [9.17, 15) is 13.2 Å². The number of amides is 1. The molecule has 1 rings (SSSR count). The van der Waals surface area contributed by atoms with Gasteiger partial charge in [-0.05, 0) is 24.3 Å². The average molecular weight is 272 g/mol. The van der Waals surface area contributed by atoms with Gasteiger partial charge >= 0.3 is 0 Å². The van der Waals surface area contributed by atoms with Crippen LogP contribution in [-0.2, 0) is 14.8 Å². The van der Waals surface area contributed by atoms with Gasteiger partial charge in [-0.2, -0.15) is 0 Å². The fourth-order valence-electron chi connectivity index (χ4n) is 1.15. The Kier molecular flexibility index (Phi) is 4.69. The third-order valence-electron chi connectivity index (χ3n) is 2.28. The van der Waals surface area contributed by atoms with Gasteiger partial charge in [0.2, 0.25) is 15.9 Å². The molecule has 18 heavy (non-hydrogen) atoms. The normalized spacial score (nSPS) is 11.1. The Balaban J connectivity index is 2.77. The van der Waals surface area contributed by atoms with E-state index in [0.717, 1.165) is 0 Å². The van der Waals surface area contributed by atoms with Crippen molar-refractivity contribution < 1.29 is 17.9 Å². The molecule has 1 aromatic carbocycles. The number of benzene rings is 1. The van der Waals surface area contributed by atoms with Crippen molar-refractivity contribution in [2.45, 2.75) is 4.90 Å². The molecule has 100 valence electrons. The predicted molar refractivity (Wildman–Crippen MR) is 66.9 cm³/mol. The van der Waals surface area contributed by atoms with E-state index < -0.39 is 10.0 Å². The Labute approximate surface area is 107 Å². The lowest BCUT2D eigenvalue weighted by molar-refractivity contribution is -0.127. The molecule has 0 saturated carbocycles. The number of nitrogens with one attached hydrogen (secondary N) is 1. The molecule has 0 saturated heterocycles. The molecule has 0 aliphatic rings. The minimum atomic E-state index is -3.67. The fraction of sp³-hybridized carbons (Fsp3) is 0.364. The summed E-state index contributed by atoms with van der Waals surface area (Å²) in [7, 11) is 0.950. The van der Waals surface area contributed by atoms with Crippen molar-refractivity contribution in [2.75, 3.05) is 27.7 Å². The lowest BCUT2D eigenvalue weighted by atomic mass is 10.3. The number of sulfonamides is 1. The van der Waals surface area contributed by atoms with Crippen molar-refractivity contribution in [1.29, 1.82) is 0 Å². The number of hydrogen-bond donors (Lipinski definition) is 1. The zero-order valence-electron chi connectivity index (χ0n) is 10.5. The molecule has 1 amide bonds. The van der Waals surface area contributed by atoms with Crippen LogP contribution in [-0.4, -0.2) is 47.0 Å². The lowest BCUT2D eigenvalue weighted by Crippen LogP contribution is -2.36. The zero-order valence-corrected chi connectivity index (χ0v) is 11.3. The zero-order chi connectivity index (χ0) is 13.8. The molecule has 0 unspecified atom stereocenters. The highest BCUT2D eigenvalue weighted by Gasteiger charge is 2.15. The molecule has 6 nitrogen and oxygen atoms in total. The summed E-state index contributed by atoms with van der Waals surface area (Å²) in [5, 5.41) is 0. The number of methoxy groups -OCH3 is 1. The number of carbonyl (C=O) groups is 1. The summed E-state index contributed by atoms with van der Waals surface area (Å²) in [4.78, 5) is 12.7. The molecule has 0 heterocycles. The van der Waals surface area contributed by atoms with Crippen molar-refractivity contribution in [3.05, 3.63) is 24.3 Å². The summed E-state index contributed by atoms with van der Waals surface area (Å²) in [6, 6.07) is 5.92. The molecule has 1 N–H and O–H groups in total. The Bertz CT molecular complexity index is 508. The van der Waals surface area contributed by atoms with Crippen LogP contribution in [0.2, 0.25) is 0 Å². The maximum atomic E-state index is 11.8. The molecular formula is C11H16N2O4S. The standard InChI is InChI=1S/C11H16N2O4S/c1-13(2)11(14)8-12-18(15,16)10-6-4-9(17-3)5-7-10/h4-7,12H,8H2,1-3H3. The van der Waals surface area contributed by atoms with Crippen molar-refractivity contribution in [3.8, 4) is 5.75 Å². The van der Waals surface area contributed by atoms with Gasteiger partial charge in [-0.25, -0.2) is 13.1 Å². The Hall–Kier alpha value is -1.60. The number of likely N-dealkylation sites (N-methyl/N-ethyl adjacent to an activating group) is 1. The third kappa shape index (κ3) is 3.71. The minimum Gasteiger partial charge on any atom is -0.497 e. The van der Waals surface area contributed by atoms with E-state index >= 15 is 0 Å². The summed E-state index contributed by atoms with van der Waals surface area (Å²) >= 11 is 0. The van der Waals surface area contributed by atoms with Crippen LogP contribution < -0.4 is 9.46 Å². The third-order valence-corrected chi connectivity index (χ3v) is 3.70. The average Bonchev–Trinajstić information content (AvgIpc) is 2.36.